The van der Waals surface area contributed by atoms with Crippen molar-refractivity contribution in [1.82, 2.24) is 4.90 Å². The van der Waals surface area contributed by atoms with E-state index in [1.807, 2.05) is 14.1 Å². The Morgan fingerprint density at radius 1 is 1.40 bits per heavy atom. The minimum absolute atomic E-state index is 0. The van der Waals surface area contributed by atoms with Gasteiger partial charge in [-0.3, -0.25) is 10.1 Å². The van der Waals surface area contributed by atoms with Crippen LogP contribution >= 0.6 is 12.4 Å². The van der Waals surface area contributed by atoms with Crippen molar-refractivity contribution in [3.05, 3.63) is 39.9 Å². The van der Waals surface area contributed by atoms with Gasteiger partial charge in [-0.25, -0.2) is 0 Å². The van der Waals surface area contributed by atoms with Gasteiger partial charge in [-0.05, 0) is 19.7 Å². The van der Waals surface area contributed by atoms with Gasteiger partial charge in [-0.1, -0.05) is 17.3 Å². The number of hydrogen-bond acceptors (Lipinski definition) is 5. The summed E-state index contributed by atoms with van der Waals surface area (Å²) in [6.45, 7) is 0.841. The van der Waals surface area contributed by atoms with Crippen molar-refractivity contribution in [1.29, 1.82) is 0 Å². The molecule has 1 unspecified atom stereocenters. The minimum Gasteiger partial charge on any atom is -0.391 e. The number of non-ortho nitro benzene ring substituents is 1. The minimum atomic E-state index is -0.396. The summed E-state index contributed by atoms with van der Waals surface area (Å²) in [5, 5.41) is 14.6. The van der Waals surface area contributed by atoms with Crippen LogP contribution in [0.3, 0.4) is 0 Å². The van der Waals surface area contributed by atoms with Gasteiger partial charge in [-0.2, -0.15) is 0 Å². The number of nitro benzene ring substituents is 1. The first-order valence-corrected chi connectivity index (χ1v) is 6.14. The SMILES string of the molecule is CN(C)CC1CC(Cc2ccc([N+](=O)[O-])cc2)=NO1.Cl. The lowest BCUT2D eigenvalue weighted by Crippen LogP contribution is -2.26. The number of oxime groups is 1. The molecule has 1 aliphatic rings. The molecule has 0 fully saturated rings. The molecule has 6 nitrogen and oxygen atoms in total. The van der Waals surface area contributed by atoms with Gasteiger partial charge in [0, 0.05) is 31.5 Å². The number of hydrogen-bond donors (Lipinski definition) is 0. The maximum absolute atomic E-state index is 10.6. The summed E-state index contributed by atoms with van der Waals surface area (Å²) in [5.74, 6) is 0. The number of nitrogens with zero attached hydrogens (tertiary/aromatic N) is 3. The number of halogens is 1. The van der Waals surface area contributed by atoms with Gasteiger partial charge >= 0.3 is 0 Å². The molecule has 0 saturated carbocycles. The predicted molar refractivity (Wildman–Crippen MR) is 79.5 cm³/mol. The van der Waals surface area contributed by atoms with Gasteiger partial charge in [0.25, 0.3) is 5.69 Å². The highest BCUT2D eigenvalue weighted by atomic mass is 35.5. The van der Waals surface area contributed by atoms with E-state index in [0.717, 1.165) is 24.2 Å². The molecule has 7 heteroatoms. The molecule has 110 valence electrons. The van der Waals surface area contributed by atoms with Crippen molar-refractivity contribution in [2.75, 3.05) is 20.6 Å². The number of rotatable bonds is 5. The third-order valence-electron chi connectivity index (χ3n) is 2.92. The molecule has 0 N–H and O–H groups in total. The predicted octanol–water partition coefficient (Wildman–Crippen LogP) is 2.27. The fourth-order valence-electron chi connectivity index (χ4n) is 2.07. The lowest BCUT2D eigenvalue weighted by Gasteiger charge is -2.13. The van der Waals surface area contributed by atoms with Crippen LogP contribution in [0.2, 0.25) is 0 Å². The molecule has 0 spiro atoms. The zero-order valence-corrected chi connectivity index (χ0v) is 12.3. The van der Waals surface area contributed by atoms with Gasteiger partial charge in [0.15, 0.2) is 0 Å². The molecule has 1 aromatic carbocycles. The molecule has 1 aliphatic heterocycles. The van der Waals surface area contributed by atoms with Gasteiger partial charge in [0.1, 0.15) is 6.10 Å². The van der Waals surface area contributed by atoms with Crippen molar-refractivity contribution in [2.24, 2.45) is 5.16 Å². The van der Waals surface area contributed by atoms with E-state index in [-0.39, 0.29) is 24.2 Å². The third-order valence-corrected chi connectivity index (χ3v) is 2.92. The first-order valence-electron chi connectivity index (χ1n) is 6.14. The Morgan fingerprint density at radius 3 is 2.60 bits per heavy atom. The van der Waals surface area contributed by atoms with Crippen LogP contribution in [0.1, 0.15) is 12.0 Å². The normalized spacial score (nSPS) is 17.4. The number of benzene rings is 1. The highest BCUT2D eigenvalue weighted by molar-refractivity contribution is 5.87. The second-order valence-corrected chi connectivity index (χ2v) is 4.95. The third kappa shape index (κ3) is 4.47. The molecule has 20 heavy (non-hydrogen) atoms. The monoisotopic (exact) mass is 299 g/mol. The Morgan fingerprint density at radius 2 is 2.05 bits per heavy atom. The fourth-order valence-corrected chi connectivity index (χ4v) is 2.07. The molecule has 1 heterocycles. The highest BCUT2D eigenvalue weighted by Crippen LogP contribution is 2.17. The van der Waals surface area contributed by atoms with Crippen LogP contribution in [-0.2, 0) is 11.3 Å². The topological polar surface area (TPSA) is 68.0 Å². The van der Waals surface area contributed by atoms with Crippen molar-refractivity contribution in [3.8, 4) is 0 Å². The second-order valence-electron chi connectivity index (χ2n) is 4.95. The molecule has 0 amide bonds. The van der Waals surface area contributed by atoms with Crippen LogP contribution in [0.5, 0.6) is 0 Å². The first-order chi connectivity index (χ1) is 9.04. The quantitative estimate of drug-likeness (QED) is 0.618. The summed E-state index contributed by atoms with van der Waals surface area (Å²) in [4.78, 5) is 17.6. The van der Waals surface area contributed by atoms with E-state index in [0.29, 0.717) is 6.42 Å². The number of likely N-dealkylation sites (N-methyl/N-ethyl adjacent to an activating group) is 1. The maximum Gasteiger partial charge on any atom is 0.269 e. The fraction of sp³-hybridized carbons (Fsp3) is 0.462. The first kappa shape index (κ1) is 16.4. The standard InChI is InChI=1S/C13H17N3O3.ClH/c1-15(2)9-13-8-11(14-19-13)7-10-3-5-12(6-4-10)16(17)18;/h3-6,13H,7-9H2,1-2H3;1H. The van der Waals surface area contributed by atoms with E-state index in [1.165, 1.54) is 12.1 Å². The van der Waals surface area contributed by atoms with Gasteiger partial charge in [-0.15, -0.1) is 12.4 Å². The van der Waals surface area contributed by atoms with Crippen molar-refractivity contribution in [3.63, 3.8) is 0 Å². The number of nitro groups is 1. The molecule has 1 aromatic rings. The van der Waals surface area contributed by atoms with Crippen LogP contribution < -0.4 is 0 Å². The summed E-state index contributed by atoms with van der Waals surface area (Å²) in [5.41, 5.74) is 2.11. The van der Waals surface area contributed by atoms with E-state index in [2.05, 4.69) is 10.1 Å². The summed E-state index contributed by atoms with van der Waals surface area (Å²) in [7, 11) is 4.00. The van der Waals surface area contributed by atoms with Crippen LogP contribution in [0.4, 0.5) is 5.69 Å². The Bertz CT molecular complexity index is 488. The Kier molecular flexibility index (Phi) is 5.91. The van der Waals surface area contributed by atoms with E-state index >= 15 is 0 Å². The van der Waals surface area contributed by atoms with Gasteiger partial charge in [0.05, 0.1) is 10.6 Å². The molecule has 0 aromatic heterocycles. The van der Waals surface area contributed by atoms with Crippen LogP contribution in [0, 0.1) is 10.1 Å². The van der Waals surface area contributed by atoms with Crippen LogP contribution in [-0.4, -0.2) is 42.3 Å². The highest BCUT2D eigenvalue weighted by Gasteiger charge is 2.21. The average molecular weight is 300 g/mol. The summed E-state index contributed by atoms with van der Waals surface area (Å²) >= 11 is 0. The zero-order chi connectivity index (χ0) is 13.8. The maximum atomic E-state index is 10.6. The Hall–Kier alpha value is -1.66. The van der Waals surface area contributed by atoms with Crippen LogP contribution in [0.15, 0.2) is 29.4 Å². The lowest BCUT2D eigenvalue weighted by molar-refractivity contribution is -0.384. The smallest absolute Gasteiger partial charge is 0.269 e. The molecule has 1 atom stereocenters. The van der Waals surface area contributed by atoms with E-state index < -0.39 is 4.92 Å². The molecule has 0 radical (unpaired) electrons. The Balaban J connectivity index is 0.00000200. The van der Waals surface area contributed by atoms with E-state index in [9.17, 15) is 10.1 Å². The molecule has 0 aliphatic carbocycles. The van der Waals surface area contributed by atoms with Gasteiger partial charge in [0.2, 0.25) is 0 Å². The zero-order valence-electron chi connectivity index (χ0n) is 11.5. The van der Waals surface area contributed by atoms with Crippen molar-refractivity contribution >= 4 is 23.8 Å². The van der Waals surface area contributed by atoms with Crippen molar-refractivity contribution < 1.29 is 9.76 Å². The lowest BCUT2D eigenvalue weighted by atomic mass is 10.0. The molecule has 0 saturated heterocycles. The molecular weight excluding hydrogens is 282 g/mol. The summed E-state index contributed by atoms with van der Waals surface area (Å²) in [6, 6.07) is 6.56. The summed E-state index contributed by atoms with van der Waals surface area (Å²) < 4.78 is 0. The summed E-state index contributed by atoms with van der Waals surface area (Å²) in [6.07, 6.45) is 1.61. The largest absolute Gasteiger partial charge is 0.391 e. The molecular formula is C13H18ClN3O3. The van der Waals surface area contributed by atoms with E-state index in [4.69, 9.17) is 4.84 Å². The second kappa shape index (κ2) is 7.21. The van der Waals surface area contributed by atoms with E-state index in [1.54, 1.807) is 12.1 Å². The Labute approximate surface area is 124 Å². The molecule has 0 bridgehead atoms. The van der Waals surface area contributed by atoms with Crippen LogP contribution in [0.25, 0.3) is 0 Å². The molecule has 2 rings (SSSR count). The van der Waals surface area contributed by atoms with Gasteiger partial charge < -0.3 is 9.74 Å². The van der Waals surface area contributed by atoms with Crippen molar-refractivity contribution in [2.45, 2.75) is 18.9 Å². The average Bonchev–Trinajstić information content (AvgIpc) is 2.76.